The van der Waals surface area contributed by atoms with Gasteiger partial charge in [0.1, 0.15) is 0 Å². The summed E-state index contributed by atoms with van der Waals surface area (Å²) in [4.78, 5) is 12.3. The van der Waals surface area contributed by atoms with Gasteiger partial charge in [0.25, 0.3) is 5.88 Å². The molecule has 9 nitrogen and oxygen atoms in total. The van der Waals surface area contributed by atoms with Gasteiger partial charge < -0.3 is 20.7 Å². The van der Waals surface area contributed by atoms with Crippen LogP contribution in [0.3, 0.4) is 0 Å². The Bertz CT molecular complexity index is 1030. The molecule has 0 atom stereocenters. The van der Waals surface area contributed by atoms with Crippen LogP contribution >= 0.6 is 11.9 Å². The Hall–Kier alpha value is -2.82. The van der Waals surface area contributed by atoms with E-state index in [2.05, 4.69) is 43.1 Å². The fourth-order valence-electron chi connectivity index (χ4n) is 3.61. The summed E-state index contributed by atoms with van der Waals surface area (Å²) in [5, 5.41) is 7.67. The summed E-state index contributed by atoms with van der Waals surface area (Å²) in [6, 6.07) is 6.51. The fourth-order valence-corrected chi connectivity index (χ4v) is 4.22. The standard InChI is InChI=1S/C21H28N8OS/c1-23-15-8-14(9-18(10-15)31-24-2)19-12-25-20(22)21(27-19)30-17-11-26-29(13-17)16-4-6-28(3)7-5-16/h8-13,16,23-24H,4-7H2,1-3H3,(H2,22,25). The van der Waals surface area contributed by atoms with Crippen LogP contribution in [-0.4, -0.2) is 58.9 Å². The maximum atomic E-state index is 6.06. The third-order valence-corrected chi connectivity index (χ3v) is 6.01. The summed E-state index contributed by atoms with van der Waals surface area (Å²) in [6.45, 7) is 2.14. The lowest BCUT2D eigenvalue weighted by Crippen LogP contribution is -2.31. The van der Waals surface area contributed by atoms with Crippen molar-refractivity contribution in [3.63, 3.8) is 0 Å². The van der Waals surface area contributed by atoms with Gasteiger partial charge in [0.2, 0.25) is 0 Å². The Morgan fingerprint density at radius 1 is 1.16 bits per heavy atom. The van der Waals surface area contributed by atoms with Crippen molar-refractivity contribution < 1.29 is 4.74 Å². The minimum absolute atomic E-state index is 0.241. The number of rotatable bonds is 7. The number of aromatic nitrogens is 4. The van der Waals surface area contributed by atoms with Crippen molar-refractivity contribution >= 4 is 23.5 Å². The third kappa shape index (κ3) is 5.09. The van der Waals surface area contributed by atoms with E-state index in [1.807, 2.05) is 37.1 Å². The van der Waals surface area contributed by atoms with E-state index in [9.17, 15) is 0 Å². The van der Waals surface area contributed by atoms with Crippen LogP contribution in [-0.2, 0) is 0 Å². The molecule has 4 rings (SSSR count). The summed E-state index contributed by atoms with van der Waals surface area (Å²) in [6.07, 6.45) is 7.42. The lowest BCUT2D eigenvalue weighted by Gasteiger charge is -2.28. The Morgan fingerprint density at radius 2 is 1.97 bits per heavy atom. The van der Waals surface area contributed by atoms with Gasteiger partial charge in [-0.1, -0.05) is 0 Å². The van der Waals surface area contributed by atoms with E-state index in [1.165, 1.54) is 11.9 Å². The average Bonchev–Trinajstić information content (AvgIpc) is 3.24. The zero-order valence-electron chi connectivity index (χ0n) is 18.0. The zero-order chi connectivity index (χ0) is 21.8. The van der Waals surface area contributed by atoms with Crippen molar-refractivity contribution in [2.45, 2.75) is 23.8 Å². The van der Waals surface area contributed by atoms with E-state index in [0.717, 1.165) is 42.1 Å². The number of ether oxygens (including phenoxy) is 1. The van der Waals surface area contributed by atoms with Gasteiger partial charge in [0.15, 0.2) is 11.6 Å². The zero-order valence-corrected chi connectivity index (χ0v) is 18.8. The van der Waals surface area contributed by atoms with Crippen molar-refractivity contribution in [1.29, 1.82) is 0 Å². The molecule has 31 heavy (non-hydrogen) atoms. The molecule has 0 unspecified atom stereocenters. The molecule has 0 aliphatic carbocycles. The number of hydrogen-bond acceptors (Lipinski definition) is 9. The number of benzene rings is 1. The summed E-state index contributed by atoms with van der Waals surface area (Å²) in [5.74, 6) is 1.12. The first-order valence-corrected chi connectivity index (χ1v) is 11.1. The smallest absolute Gasteiger partial charge is 0.263 e. The molecule has 0 bridgehead atoms. The van der Waals surface area contributed by atoms with Crippen LogP contribution in [0.1, 0.15) is 18.9 Å². The number of anilines is 2. The molecule has 1 aliphatic heterocycles. The fraction of sp³-hybridized carbons (Fsp3) is 0.381. The highest BCUT2D eigenvalue weighted by molar-refractivity contribution is 7.97. The molecule has 0 saturated carbocycles. The number of piperidine rings is 1. The van der Waals surface area contributed by atoms with E-state index >= 15 is 0 Å². The van der Waals surface area contributed by atoms with E-state index in [4.69, 9.17) is 10.5 Å². The maximum absolute atomic E-state index is 6.06. The molecule has 1 saturated heterocycles. The van der Waals surface area contributed by atoms with E-state index in [-0.39, 0.29) is 11.7 Å². The quantitative estimate of drug-likeness (QED) is 0.477. The van der Waals surface area contributed by atoms with Crippen LogP contribution in [0.2, 0.25) is 0 Å². The monoisotopic (exact) mass is 440 g/mol. The molecule has 1 aromatic carbocycles. The van der Waals surface area contributed by atoms with Gasteiger partial charge in [0, 0.05) is 23.2 Å². The van der Waals surface area contributed by atoms with Gasteiger partial charge >= 0.3 is 0 Å². The SMILES string of the molecule is CNSc1cc(NC)cc(-c2cnc(N)c(Oc3cnn(C4CCN(C)CC4)c3)n2)c1. The van der Waals surface area contributed by atoms with Crippen LogP contribution in [0, 0.1) is 0 Å². The van der Waals surface area contributed by atoms with Crippen molar-refractivity contribution in [3.05, 3.63) is 36.8 Å². The molecule has 3 heterocycles. The molecule has 0 spiro atoms. The Kier molecular flexibility index (Phi) is 6.59. The number of nitrogens with one attached hydrogen (secondary N) is 2. The van der Waals surface area contributed by atoms with Crippen LogP contribution in [0.25, 0.3) is 11.3 Å². The maximum Gasteiger partial charge on any atom is 0.263 e. The molecule has 0 amide bonds. The number of nitrogens with two attached hydrogens (primary N) is 1. The predicted molar refractivity (Wildman–Crippen MR) is 124 cm³/mol. The summed E-state index contributed by atoms with van der Waals surface area (Å²) in [5.41, 5.74) is 8.64. The molecule has 2 aromatic heterocycles. The predicted octanol–water partition coefficient (Wildman–Crippen LogP) is 3.25. The Balaban J connectivity index is 1.56. The van der Waals surface area contributed by atoms with Crippen molar-refractivity contribution in [3.8, 4) is 22.9 Å². The second-order valence-electron chi connectivity index (χ2n) is 7.54. The van der Waals surface area contributed by atoms with Gasteiger partial charge in [-0.05, 0) is 70.2 Å². The largest absolute Gasteiger partial charge is 0.433 e. The lowest BCUT2D eigenvalue weighted by atomic mass is 10.1. The topological polar surface area (TPSA) is 106 Å². The second kappa shape index (κ2) is 9.54. The molecule has 10 heteroatoms. The van der Waals surface area contributed by atoms with Gasteiger partial charge in [-0.3, -0.25) is 9.40 Å². The second-order valence-corrected chi connectivity index (χ2v) is 8.62. The third-order valence-electron chi connectivity index (χ3n) is 5.33. The highest BCUT2D eigenvalue weighted by Crippen LogP contribution is 2.31. The normalized spacial score (nSPS) is 15.2. The molecule has 1 aliphatic rings. The van der Waals surface area contributed by atoms with E-state index in [0.29, 0.717) is 17.5 Å². The first-order chi connectivity index (χ1) is 15.1. The van der Waals surface area contributed by atoms with Gasteiger partial charge in [-0.2, -0.15) is 5.10 Å². The van der Waals surface area contributed by atoms with Crippen molar-refractivity contribution in [2.75, 3.05) is 45.3 Å². The first-order valence-electron chi connectivity index (χ1n) is 10.3. The molecular weight excluding hydrogens is 412 g/mol. The lowest BCUT2D eigenvalue weighted by molar-refractivity contribution is 0.212. The Morgan fingerprint density at radius 3 is 2.71 bits per heavy atom. The highest BCUT2D eigenvalue weighted by Gasteiger charge is 2.20. The molecule has 3 aromatic rings. The first kappa shape index (κ1) is 21.4. The molecular formula is C21H28N8OS. The number of nitrogens with zero attached hydrogens (tertiary/aromatic N) is 5. The minimum atomic E-state index is 0.241. The van der Waals surface area contributed by atoms with Crippen LogP contribution in [0.5, 0.6) is 11.6 Å². The van der Waals surface area contributed by atoms with E-state index in [1.54, 1.807) is 12.4 Å². The highest BCUT2D eigenvalue weighted by atomic mass is 32.2. The number of hydrogen-bond donors (Lipinski definition) is 3. The summed E-state index contributed by atoms with van der Waals surface area (Å²) in [7, 11) is 5.92. The van der Waals surface area contributed by atoms with Gasteiger partial charge in [0.05, 0.1) is 30.3 Å². The minimum Gasteiger partial charge on any atom is -0.433 e. The number of likely N-dealkylation sites (tertiary alicyclic amines) is 1. The summed E-state index contributed by atoms with van der Waals surface area (Å²) < 4.78 is 11.0. The number of nitrogen functional groups attached to an aromatic ring is 1. The van der Waals surface area contributed by atoms with Crippen molar-refractivity contribution in [2.24, 2.45) is 0 Å². The molecule has 1 fully saturated rings. The van der Waals surface area contributed by atoms with Gasteiger partial charge in [-0.15, -0.1) is 0 Å². The van der Waals surface area contributed by atoms with E-state index < -0.39 is 0 Å². The Labute approximate surface area is 186 Å². The molecule has 164 valence electrons. The van der Waals surface area contributed by atoms with Crippen LogP contribution in [0.15, 0.2) is 41.7 Å². The van der Waals surface area contributed by atoms with Crippen LogP contribution < -0.4 is 20.5 Å². The molecule has 4 N–H and O–H groups in total. The van der Waals surface area contributed by atoms with Crippen LogP contribution in [0.4, 0.5) is 11.5 Å². The molecule has 0 radical (unpaired) electrons. The van der Waals surface area contributed by atoms with Crippen molar-refractivity contribution in [1.82, 2.24) is 29.4 Å². The van der Waals surface area contributed by atoms with Gasteiger partial charge in [-0.25, -0.2) is 9.97 Å². The average molecular weight is 441 g/mol. The summed E-state index contributed by atoms with van der Waals surface area (Å²) >= 11 is 1.53.